The largest absolute Gasteiger partial charge is 0.465 e. The molecule has 2 aromatic rings. The number of esters is 1. The Hall–Kier alpha value is -3.88. The van der Waals surface area contributed by atoms with E-state index in [1.807, 2.05) is 45.0 Å². The molecule has 0 unspecified atom stereocenters. The van der Waals surface area contributed by atoms with E-state index in [0.29, 0.717) is 43.6 Å². The lowest BCUT2D eigenvalue weighted by molar-refractivity contribution is -0.144. The number of alkyl carbamates (subject to hydrolysis) is 1. The summed E-state index contributed by atoms with van der Waals surface area (Å²) in [5, 5.41) is 5.79. The first-order chi connectivity index (χ1) is 19.1. The van der Waals surface area contributed by atoms with Gasteiger partial charge in [-0.1, -0.05) is 24.3 Å². The maximum absolute atomic E-state index is 13.8. The van der Waals surface area contributed by atoms with Crippen LogP contribution in [-0.4, -0.2) is 54.6 Å². The molecule has 9 heteroatoms. The third-order valence-electron chi connectivity index (χ3n) is 7.52. The molecule has 2 aliphatic rings. The highest BCUT2D eigenvalue weighted by molar-refractivity contribution is 5.99. The average molecular weight is 550 g/mol. The predicted octanol–water partition coefficient (Wildman–Crippen LogP) is 4.87. The number of benzene rings is 2. The van der Waals surface area contributed by atoms with Gasteiger partial charge in [-0.05, 0) is 94.2 Å². The lowest BCUT2D eigenvalue weighted by Gasteiger charge is -2.39. The van der Waals surface area contributed by atoms with Crippen molar-refractivity contribution in [2.45, 2.75) is 64.5 Å². The van der Waals surface area contributed by atoms with Crippen LogP contribution in [0.1, 0.15) is 74.0 Å². The van der Waals surface area contributed by atoms with Crippen molar-refractivity contribution < 1.29 is 28.7 Å². The van der Waals surface area contributed by atoms with Gasteiger partial charge in [0, 0.05) is 24.7 Å². The molecule has 3 amide bonds. The van der Waals surface area contributed by atoms with Crippen molar-refractivity contribution in [2.24, 2.45) is 11.8 Å². The van der Waals surface area contributed by atoms with Gasteiger partial charge >= 0.3 is 12.1 Å². The van der Waals surface area contributed by atoms with Crippen LogP contribution in [0.4, 0.5) is 10.5 Å². The van der Waals surface area contributed by atoms with Crippen molar-refractivity contribution in [3.8, 4) is 0 Å². The van der Waals surface area contributed by atoms with Crippen LogP contribution >= 0.6 is 0 Å². The Labute approximate surface area is 235 Å². The molecule has 0 saturated heterocycles. The van der Waals surface area contributed by atoms with Gasteiger partial charge in [-0.25, -0.2) is 9.59 Å². The number of fused-ring (bicyclic) bond motifs is 1. The Morgan fingerprint density at radius 2 is 1.62 bits per heavy atom. The lowest BCUT2D eigenvalue weighted by atomic mass is 9.80. The number of hydrogen-bond acceptors (Lipinski definition) is 6. The van der Waals surface area contributed by atoms with Crippen molar-refractivity contribution in [1.82, 2.24) is 10.2 Å². The highest BCUT2D eigenvalue weighted by Gasteiger charge is 2.39. The normalized spacial score (nSPS) is 20.6. The smallest absolute Gasteiger partial charge is 0.407 e. The molecule has 2 aromatic carbocycles. The van der Waals surface area contributed by atoms with Gasteiger partial charge < -0.3 is 25.0 Å². The van der Waals surface area contributed by atoms with Crippen molar-refractivity contribution in [1.29, 1.82) is 0 Å². The van der Waals surface area contributed by atoms with E-state index in [1.54, 1.807) is 29.2 Å². The van der Waals surface area contributed by atoms with Crippen LogP contribution in [0.15, 0.2) is 48.5 Å². The Kier molecular flexibility index (Phi) is 9.12. The van der Waals surface area contributed by atoms with Gasteiger partial charge in [-0.2, -0.15) is 0 Å². The molecule has 0 radical (unpaired) electrons. The molecule has 214 valence electrons. The molecule has 1 heterocycles. The summed E-state index contributed by atoms with van der Waals surface area (Å²) >= 11 is 0. The molecule has 1 aliphatic carbocycles. The third kappa shape index (κ3) is 7.20. The minimum Gasteiger partial charge on any atom is -0.465 e. The number of carbonyl (C=O) groups is 4. The number of rotatable bonds is 6. The molecule has 2 N–H and O–H groups in total. The predicted molar refractivity (Wildman–Crippen MR) is 151 cm³/mol. The van der Waals surface area contributed by atoms with Crippen LogP contribution in [0.3, 0.4) is 0 Å². The van der Waals surface area contributed by atoms with E-state index in [2.05, 4.69) is 10.6 Å². The molecule has 9 nitrogen and oxygen atoms in total. The van der Waals surface area contributed by atoms with E-state index < -0.39 is 23.7 Å². The second kappa shape index (κ2) is 12.5. The van der Waals surface area contributed by atoms with Gasteiger partial charge in [0.15, 0.2) is 0 Å². The number of hydrogen-bond donors (Lipinski definition) is 2. The van der Waals surface area contributed by atoms with Gasteiger partial charge in [0.1, 0.15) is 11.6 Å². The van der Waals surface area contributed by atoms with E-state index in [-0.39, 0.29) is 23.7 Å². The van der Waals surface area contributed by atoms with Crippen LogP contribution in [-0.2, 0) is 25.5 Å². The first-order valence-corrected chi connectivity index (χ1v) is 13.9. The molecule has 0 spiro atoms. The number of methoxy groups -OCH3 is 1. The maximum Gasteiger partial charge on any atom is 0.407 e. The minimum atomic E-state index is -0.746. The number of anilines is 1. The van der Waals surface area contributed by atoms with Gasteiger partial charge in [0.2, 0.25) is 5.91 Å². The summed E-state index contributed by atoms with van der Waals surface area (Å²) in [5.74, 6) is -0.634. The van der Waals surface area contributed by atoms with Crippen LogP contribution < -0.4 is 10.6 Å². The Morgan fingerprint density at radius 1 is 0.950 bits per heavy atom. The zero-order valence-corrected chi connectivity index (χ0v) is 23.7. The lowest BCUT2D eigenvalue weighted by Crippen LogP contribution is -2.48. The molecule has 1 fully saturated rings. The quantitative estimate of drug-likeness (QED) is 0.497. The third-order valence-corrected chi connectivity index (χ3v) is 7.52. The van der Waals surface area contributed by atoms with Crippen molar-refractivity contribution in [3.05, 3.63) is 65.2 Å². The summed E-state index contributed by atoms with van der Waals surface area (Å²) in [5.41, 5.74) is 2.27. The molecule has 40 heavy (non-hydrogen) atoms. The van der Waals surface area contributed by atoms with Crippen LogP contribution in [0.5, 0.6) is 0 Å². The van der Waals surface area contributed by atoms with E-state index in [1.165, 1.54) is 7.11 Å². The fourth-order valence-electron chi connectivity index (χ4n) is 5.49. The molecule has 1 atom stereocenters. The van der Waals surface area contributed by atoms with Gasteiger partial charge in [-0.3, -0.25) is 9.59 Å². The molecular weight excluding hydrogens is 510 g/mol. The van der Waals surface area contributed by atoms with Crippen LogP contribution in [0.25, 0.3) is 0 Å². The Balaban J connectivity index is 1.42. The molecule has 0 bridgehead atoms. The summed E-state index contributed by atoms with van der Waals surface area (Å²) in [6, 6.07) is 13.5. The fraction of sp³-hybridized carbons (Fsp3) is 0.484. The first kappa shape index (κ1) is 29.1. The van der Waals surface area contributed by atoms with E-state index in [4.69, 9.17) is 9.47 Å². The van der Waals surface area contributed by atoms with Crippen molar-refractivity contribution in [3.63, 3.8) is 0 Å². The highest BCUT2D eigenvalue weighted by Crippen LogP contribution is 2.36. The van der Waals surface area contributed by atoms with Crippen LogP contribution in [0.2, 0.25) is 0 Å². The Bertz CT molecular complexity index is 1230. The maximum atomic E-state index is 13.8. The standard InChI is InChI=1S/C31H39N3O6/c1-31(2,3)40-30(38)32-19-20-9-11-22(12-10-20)28(36)34-18-17-21-7-5-6-8-25(21)26(34)27(35)33-24-15-13-23(14-16-24)29(37)39-4/h5-8,13-16,20,22,26H,9-12,17-19H2,1-4H3,(H,32,38)(H,33,35)/t20-,22-,26-/m0/s1. The number of nitrogens with zero attached hydrogens (tertiary/aromatic N) is 1. The molecule has 0 aromatic heterocycles. The van der Waals surface area contributed by atoms with E-state index in [0.717, 1.165) is 24.0 Å². The van der Waals surface area contributed by atoms with Gasteiger partial charge in [0.05, 0.1) is 12.7 Å². The Morgan fingerprint density at radius 3 is 2.27 bits per heavy atom. The number of carbonyl (C=O) groups excluding carboxylic acids is 4. The van der Waals surface area contributed by atoms with E-state index in [9.17, 15) is 19.2 Å². The summed E-state index contributed by atoms with van der Waals surface area (Å²) < 4.78 is 10.1. The summed E-state index contributed by atoms with van der Waals surface area (Å²) in [7, 11) is 1.32. The number of amides is 3. The molecule has 1 saturated carbocycles. The zero-order valence-electron chi connectivity index (χ0n) is 23.7. The second-order valence-electron chi connectivity index (χ2n) is 11.5. The van der Waals surface area contributed by atoms with E-state index >= 15 is 0 Å². The van der Waals surface area contributed by atoms with Crippen LogP contribution in [0, 0.1) is 11.8 Å². The average Bonchev–Trinajstić information content (AvgIpc) is 2.94. The monoisotopic (exact) mass is 549 g/mol. The SMILES string of the molecule is COC(=O)c1ccc(NC(=O)[C@@H]2c3ccccc3CCN2C(=O)[C@H]2CC[C@H](CNC(=O)OC(C)(C)C)CC2)cc1. The second-order valence-corrected chi connectivity index (χ2v) is 11.5. The minimum absolute atomic E-state index is 0.00533. The molecule has 1 aliphatic heterocycles. The van der Waals surface area contributed by atoms with Gasteiger partial charge in [-0.15, -0.1) is 0 Å². The fourth-order valence-corrected chi connectivity index (χ4v) is 5.49. The van der Waals surface area contributed by atoms with Gasteiger partial charge in [0.25, 0.3) is 5.91 Å². The summed E-state index contributed by atoms with van der Waals surface area (Å²) in [6.07, 6.45) is 3.32. The molecular formula is C31H39N3O6. The summed E-state index contributed by atoms with van der Waals surface area (Å²) in [6.45, 7) is 6.48. The summed E-state index contributed by atoms with van der Waals surface area (Å²) in [4.78, 5) is 53.0. The number of ether oxygens (including phenoxy) is 2. The van der Waals surface area contributed by atoms with Crippen molar-refractivity contribution in [2.75, 3.05) is 25.5 Å². The zero-order chi connectivity index (χ0) is 28.9. The van der Waals surface area contributed by atoms with Crippen molar-refractivity contribution >= 4 is 29.6 Å². The molecule has 4 rings (SSSR count). The topological polar surface area (TPSA) is 114 Å². The number of nitrogens with one attached hydrogen (secondary N) is 2. The first-order valence-electron chi connectivity index (χ1n) is 13.9. The highest BCUT2D eigenvalue weighted by atomic mass is 16.6.